The van der Waals surface area contributed by atoms with Crippen molar-refractivity contribution >= 4 is 17.3 Å². The molecule has 0 spiro atoms. The minimum absolute atomic E-state index is 0.0425. The fraction of sp³-hybridized carbons (Fsp3) is 0.0909. The summed E-state index contributed by atoms with van der Waals surface area (Å²) in [6, 6.07) is 4.46. The molecule has 0 atom stereocenters. The van der Waals surface area contributed by atoms with E-state index in [9.17, 15) is 14.9 Å². The van der Waals surface area contributed by atoms with E-state index in [0.29, 0.717) is 11.3 Å². The van der Waals surface area contributed by atoms with Crippen molar-refractivity contribution in [1.82, 2.24) is 4.98 Å². The van der Waals surface area contributed by atoms with Crippen molar-refractivity contribution < 1.29 is 14.1 Å². The Hall–Kier alpha value is -2.70. The van der Waals surface area contributed by atoms with Gasteiger partial charge in [0.1, 0.15) is 0 Å². The number of hydrogen-bond acceptors (Lipinski definition) is 5. The van der Waals surface area contributed by atoms with Crippen LogP contribution in [0.1, 0.15) is 16.1 Å². The Balaban J connectivity index is 2.27. The van der Waals surface area contributed by atoms with Gasteiger partial charge in [-0.15, -0.1) is 0 Å². The van der Waals surface area contributed by atoms with Crippen LogP contribution < -0.4 is 5.32 Å². The Morgan fingerprint density at radius 3 is 2.89 bits per heavy atom. The Morgan fingerprint density at radius 1 is 1.50 bits per heavy atom. The van der Waals surface area contributed by atoms with E-state index in [4.69, 9.17) is 4.42 Å². The van der Waals surface area contributed by atoms with E-state index in [1.807, 2.05) is 0 Å². The summed E-state index contributed by atoms with van der Waals surface area (Å²) in [4.78, 5) is 25.6. The molecule has 0 aliphatic heterocycles. The van der Waals surface area contributed by atoms with Gasteiger partial charge < -0.3 is 9.73 Å². The van der Waals surface area contributed by atoms with Crippen LogP contribution in [0.15, 0.2) is 35.2 Å². The van der Waals surface area contributed by atoms with Crippen LogP contribution in [-0.2, 0) is 0 Å². The highest BCUT2D eigenvalue weighted by molar-refractivity contribution is 6.02. The van der Waals surface area contributed by atoms with Crippen LogP contribution in [0.3, 0.4) is 0 Å². The first-order valence-electron chi connectivity index (χ1n) is 5.03. The monoisotopic (exact) mass is 247 g/mol. The number of carbonyl (C=O) groups excluding carboxylic acids is 1. The molecule has 0 unspecified atom stereocenters. The van der Waals surface area contributed by atoms with Crippen molar-refractivity contribution in [2.45, 2.75) is 6.92 Å². The largest absolute Gasteiger partial charge is 0.438 e. The summed E-state index contributed by atoms with van der Waals surface area (Å²) in [5.41, 5.74) is 0.700. The molecule has 0 saturated heterocycles. The van der Waals surface area contributed by atoms with Crippen LogP contribution in [0.2, 0.25) is 0 Å². The first-order chi connectivity index (χ1) is 8.59. The minimum atomic E-state index is -0.504. The second kappa shape index (κ2) is 4.66. The third-order valence-corrected chi connectivity index (χ3v) is 2.41. The Morgan fingerprint density at radius 2 is 2.28 bits per heavy atom. The van der Waals surface area contributed by atoms with Crippen LogP contribution in [0.25, 0.3) is 0 Å². The number of amides is 1. The van der Waals surface area contributed by atoms with Crippen molar-refractivity contribution in [2.24, 2.45) is 0 Å². The Bertz CT molecular complexity index is 592. The average Bonchev–Trinajstić information content (AvgIpc) is 2.85. The summed E-state index contributed by atoms with van der Waals surface area (Å²) in [5.74, 6) is -0.461. The molecule has 0 aliphatic rings. The lowest BCUT2D eigenvalue weighted by atomic mass is 10.1. The first-order valence-corrected chi connectivity index (χ1v) is 5.03. The number of aromatic nitrogens is 1. The summed E-state index contributed by atoms with van der Waals surface area (Å²) in [6.07, 6.45) is 2.40. The van der Waals surface area contributed by atoms with E-state index in [1.165, 1.54) is 18.3 Å². The van der Waals surface area contributed by atoms with E-state index in [2.05, 4.69) is 10.3 Å². The van der Waals surface area contributed by atoms with Gasteiger partial charge in [0.25, 0.3) is 11.6 Å². The van der Waals surface area contributed by atoms with Crippen molar-refractivity contribution in [2.75, 3.05) is 5.32 Å². The molecule has 7 heteroatoms. The maximum absolute atomic E-state index is 11.7. The number of nitrogens with one attached hydrogen (secondary N) is 1. The average molecular weight is 247 g/mol. The molecule has 1 aromatic carbocycles. The summed E-state index contributed by atoms with van der Waals surface area (Å²) >= 11 is 0. The molecule has 1 heterocycles. The summed E-state index contributed by atoms with van der Waals surface area (Å²) in [7, 11) is 0. The van der Waals surface area contributed by atoms with Gasteiger partial charge in [0.2, 0.25) is 5.76 Å². The van der Waals surface area contributed by atoms with Crippen molar-refractivity contribution in [3.63, 3.8) is 0 Å². The molecule has 18 heavy (non-hydrogen) atoms. The SMILES string of the molecule is Cc1c(NC(=O)c2cnco2)cccc1[N+](=O)[O-]. The molecule has 0 bridgehead atoms. The predicted octanol–water partition coefficient (Wildman–Crippen LogP) is 2.14. The van der Waals surface area contributed by atoms with Gasteiger partial charge in [-0.1, -0.05) is 6.07 Å². The normalized spacial score (nSPS) is 10.1. The second-order valence-electron chi connectivity index (χ2n) is 3.53. The molecule has 92 valence electrons. The fourth-order valence-electron chi connectivity index (χ4n) is 1.47. The van der Waals surface area contributed by atoms with Crippen LogP contribution in [-0.4, -0.2) is 15.8 Å². The highest BCUT2D eigenvalue weighted by Crippen LogP contribution is 2.25. The van der Waals surface area contributed by atoms with Crippen molar-refractivity contribution in [3.05, 3.63) is 52.2 Å². The zero-order valence-corrected chi connectivity index (χ0v) is 9.41. The van der Waals surface area contributed by atoms with E-state index in [0.717, 1.165) is 6.39 Å². The Labute approximate surface area is 102 Å². The fourth-order valence-corrected chi connectivity index (χ4v) is 1.47. The molecule has 0 saturated carbocycles. The molecule has 1 aromatic heterocycles. The molecule has 2 rings (SSSR count). The maximum atomic E-state index is 11.7. The zero-order valence-electron chi connectivity index (χ0n) is 9.41. The maximum Gasteiger partial charge on any atom is 0.293 e. The van der Waals surface area contributed by atoms with Gasteiger partial charge in [-0.05, 0) is 13.0 Å². The number of benzene rings is 1. The lowest BCUT2D eigenvalue weighted by molar-refractivity contribution is -0.385. The molecule has 7 nitrogen and oxygen atoms in total. The quantitative estimate of drug-likeness (QED) is 0.661. The van der Waals surface area contributed by atoms with Gasteiger partial charge in [-0.3, -0.25) is 14.9 Å². The van der Waals surface area contributed by atoms with E-state index < -0.39 is 10.8 Å². The number of rotatable bonds is 3. The number of nitrogens with zero attached hydrogens (tertiary/aromatic N) is 2. The number of carbonyl (C=O) groups is 1. The molecule has 1 amide bonds. The molecule has 1 N–H and O–H groups in total. The van der Waals surface area contributed by atoms with Crippen LogP contribution in [0.5, 0.6) is 0 Å². The number of hydrogen-bond donors (Lipinski definition) is 1. The van der Waals surface area contributed by atoms with Gasteiger partial charge >= 0.3 is 0 Å². The highest BCUT2D eigenvalue weighted by Gasteiger charge is 2.16. The smallest absolute Gasteiger partial charge is 0.293 e. The molecular formula is C11H9N3O4. The lowest BCUT2D eigenvalue weighted by Gasteiger charge is -2.06. The second-order valence-corrected chi connectivity index (χ2v) is 3.53. The van der Waals surface area contributed by atoms with Crippen LogP contribution in [0.4, 0.5) is 11.4 Å². The molecule has 2 aromatic rings. The predicted molar refractivity (Wildman–Crippen MR) is 62.3 cm³/mol. The van der Waals surface area contributed by atoms with Gasteiger partial charge in [0.15, 0.2) is 6.39 Å². The van der Waals surface area contributed by atoms with Crippen molar-refractivity contribution in [1.29, 1.82) is 0 Å². The topological polar surface area (TPSA) is 98.3 Å². The molecular weight excluding hydrogens is 238 g/mol. The van der Waals surface area contributed by atoms with E-state index in [1.54, 1.807) is 13.0 Å². The van der Waals surface area contributed by atoms with Crippen molar-refractivity contribution in [3.8, 4) is 0 Å². The summed E-state index contributed by atoms with van der Waals surface area (Å²) in [5, 5.41) is 13.3. The molecule has 0 fully saturated rings. The summed E-state index contributed by atoms with van der Waals surface area (Å²) in [6.45, 7) is 1.56. The number of nitro groups is 1. The summed E-state index contributed by atoms with van der Waals surface area (Å²) < 4.78 is 4.83. The molecule has 0 radical (unpaired) electrons. The van der Waals surface area contributed by atoms with E-state index in [-0.39, 0.29) is 11.4 Å². The Kier molecular flexibility index (Phi) is 3.05. The number of nitro benzene ring substituents is 1. The van der Waals surface area contributed by atoms with Crippen LogP contribution in [0, 0.1) is 17.0 Å². The number of oxazole rings is 1. The third-order valence-electron chi connectivity index (χ3n) is 2.41. The first kappa shape index (κ1) is 11.8. The van der Waals surface area contributed by atoms with Gasteiger partial charge in [-0.2, -0.15) is 0 Å². The number of anilines is 1. The van der Waals surface area contributed by atoms with Gasteiger partial charge in [0.05, 0.1) is 22.4 Å². The standard InChI is InChI=1S/C11H9N3O4/c1-7-8(3-2-4-9(7)14(16)17)13-11(15)10-5-12-6-18-10/h2-6H,1H3,(H,13,15). The third kappa shape index (κ3) is 2.19. The molecule has 0 aliphatic carbocycles. The minimum Gasteiger partial charge on any atom is -0.438 e. The zero-order chi connectivity index (χ0) is 13.1. The lowest BCUT2D eigenvalue weighted by Crippen LogP contribution is -2.12. The van der Waals surface area contributed by atoms with Crippen LogP contribution >= 0.6 is 0 Å². The van der Waals surface area contributed by atoms with E-state index >= 15 is 0 Å². The van der Waals surface area contributed by atoms with Gasteiger partial charge in [0, 0.05) is 6.07 Å². The van der Waals surface area contributed by atoms with Gasteiger partial charge in [-0.25, -0.2) is 4.98 Å². The highest BCUT2D eigenvalue weighted by atomic mass is 16.6.